The average molecular weight is 775 g/mol. The summed E-state index contributed by atoms with van der Waals surface area (Å²) in [5.41, 5.74) is 2.45. The van der Waals surface area contributed by atoms with Gasteiger partial charge in [-0.1, -0.05) is 47.2 Å². The van der Waals surface area contributed by atoms with Crippen molar-refractivity contribution in [3.63, 3.8) is 0 Å². The molecule has 1 amide bonds. The molecule has 0 radical (unpaired) electrons. The summed E-state index contributed by atoms with van der Waals surface area (Å²) in [6, 6.07) is 10.9. The van der Waals surface area contributed by atoms with Gasteiger partial charge in [0, 0.05) is 50.0 Å². The van der Waals surface area contributed by atoms with Crippen molar-refractivity contribution in [3.05, 3.63) is 62.2 Å². The second-order valence-corrected chi connectivity index (χ2v) is 13.0. The normalized spacial score (nSPS) is 14.9. The lowest BCUT2D eigenvalue weighted by Gasteiger charge is -2.37. The molecule has 19 heteroatoms. The van der Waals surface area contributed by atoms with Gasteiger partial charge in [0.25, 0.3) is 0 Å². The number of hydrogen-bond donors (Lipinski definition) is 4. The van der Waals surface area contributed by atoms with Crippen LogP contribution in [0.5, 0.6) is 5.75 Å². The van der Waals surface area contributed by atoms with E-state index in [4.69, 9.17) is 11.6 Å². The number of aromatic hydroxyl groups is 1. The Labute approximate surface area is 295 Å². The van der Waals surface area contributed by atoms with Crippen molar-refractivity contribution in [2.75, 3.05) is 32.7 Å². The predicted octanol–water partition coefficient (Wildman–Crippen LogP) is 5.96. The number of phenols is 1. The Bertz CT molecular complexity index is 1680. The molecule has 1 fully saturated rings. The standard InChI is InChI=1S/C28H35ClF2N4O3S.C4F6O2/c29-22-4-2-1-3-19(22)9-14-32-16-11-24(37)35(21-7-12-28(30,31)13-8-21)18-17-33-15-10-20-5-6-23(36)25-26(20)39-27(38)34-25;5-3(6,7)1(11)2(12)4(8,9)10/h1-6,21,32-33,36H,7-18H2,(H,34,38);. The molecule has 0 aliphatic heterocycles. The number of aromatic amines is 1. The Morgan fingerprint density at radius 2 is 1.45 bits per heavy atom. The molecular formula is C32H35ClF8N4O5S. The fourth-order valence-electron chi connectivity index (χ4n) is 5.31. The van der Waals surface area contributed by atoms with Gasteiger partial charge in [0.2, 0.25) is 11.8 Å². The van der Waals surface area contributed by atoms with Crippen LogP contribution in [-0.4, -0.2) is 89.5 Å². The molecule has 0 saturated heterocycles. The second kappa shape index (κ2) is 18.2. The number of benzene rings is 2. The first-order valence-electron chi connectivity index (χ1n) is 15.7. The van der Waals surface area contributed by atoms with E-state index in [2.05, 4.69) is 15.6 Å². The molecular weight excluding hydrogens is 740 g/mol. The Balaban J connectivity index is 0.000000501. The number of rotatable bonds is 14. The quantitative estimate of drug-likeness (QED) is 0.0904. The molecule has 4 N–H and O–H groups in total. The Kier molecular flexibility index (Phi) is 15.0. The van der Waals surface area contributed by atoms with Crippen LogP contribution in [0.25, 0.3) is 10.2 Å². The molecule has 1 aromatic heterocycles. The van der Waals surface area contributed by atoms with E-state index in [1.807, 2.05) is 24.3 Å². The minimum atomic E-state index is -5.77. The van der Waals surface area contributed by atoms with E-state index in [0.29, 0.717) is 63.9 Å². The molecule has 2 aromatic carbocycles. The first-order valence-corrected chi connectivity index (χ1v) is 16.9. The number of fused-ring (bicyclic) bond motifs is 1. The number of hydrogen-bond acceptors (Lipinski definition) is 8. The highest BCUT2D eigenvalue weighted by atomic mass is 35.5. The van der Waals surface area contributed by atoms with E-state index in [9.17, 15) is 59.4 Å². The summed E-state index contributed by atoms with van der Waals surface area (Å²) in [4.78, 5) is 48.3. The summed E-state index contributed by atoms with van der Waals surface area (Å²) in [7, 11) is 0. The highest BCUT2D eigenvalue weighted by Crippen LogP contribution is 2.35. The number of alkyl halides is 8. The predicted molar refractivity (Wildman–Crippen MR) is 174 cm³/mol. The van der Waals surface area contributed by atoms with Crippen LogP contribution < -0.4 is 15.5 Å². The molecule has 0 bridgehead atoms. The summed E-state index contributed by atoms with van der Waals surface area (Å²) in [5, 5.41) is 17.3. The van der Waals surface area contributed by atoms with Crippen LogP contribution in [0, 0.1) is 0 Å². The Morgan fingerprint density at radius 1 is 0.882 bits per heavy atom. The summed E-state index contributed by atoms with van der Waals surface area (Å²) in [6.45, 7) is 2.78. The lowest BCUT2D eigenvalue weighted by Crippen LogP contribution is -2.47. The average Bonchev–Trinajstić information content (AvgIpc) is 3.46. The fourth-order valence-corrected chi connectivity index (χ4v) is 6.44. The third-order valence-electron chi connectivity index (χ3n) is 7.95. The van der Waals surface area contributed by atoms with E-state index in [1.165, 1.54) is 0 Å². The van der Waals surface area contributed by atoms with Gasteiger partial charge in [0.1, 0.15) is 11.3 Å². The highest BCUT2D eigenvalue weighted by molar-refractivity contribution is 7.16. The fraction of sp³-hybridized carbons (Fsp3) is 0.500. The minimum absolute atomic E-state index is 0.0328. The van der Waals surface area contributed by atoms with Crippen molar-refractivity contribution in [2.24, 2.45) is 0 Å². The van der Waals surface area contributed by atoms with Crippen molar-refractivity contribution >= 4 is 50.6 Å². The zero-order valence-corrected chi connectivity index (χ0v) is 28.4. The maximum atomic E-state index is 13.8. The molecule has 0 unspecified atom stereocenters. The van der Waals surface area contributed by atoms with Crippen LogP contribution in [0.15, 0.2) is 41.2 Å². The van der Waals surface area contributed by atoms with Gasteiger partial charge in [-0.25, -0.2) is 8.78 Å². The summed E-state index contributed by atoms with van der Waals surface area (Å²) >= 11 is 7.27. The van der Waals surface area contributed by atoms with Gasteiger partial charge >= 0.3 is 28.8 Å². The number of nitrogens with zero attached hydrogens (tertiary/aromatic N) is 1. The van der Waals surface area contributed by atoms with Crippen molar-refractivity contribution in [3.8, 4) is 5.75 Å². The van der Waals surface area contributed by atoms with Crippen LogP contribution in [0.2, 0.25) is 5.02 Å². The van der Waals surface area contributed by atoms with Gasteiger partial charge in [0.05, 0.1) is 4.70 Å². The van der Waals surface area contributed by atoms with Gasteiger partial charge in [-0.05, 0) is 62.0 Å². The smallest absolute Gasteiger partial charge is 0.458 e. The third kappa shape index (κ3) is 12.8. The van der Waals surface area contributed by atoms with Crippen LogP contribution in [-0.2, 0) is 27.2 Å². The van der Waals surface area contributed by atoms with Gasteiger partial charge in [-0.3, -0.25) is 19.2 Å². The summed E-state index contributed by atoms with van der Waals surface area (Å²) in [5.74, 6) is -9.45. The molecule has 51 heavy (non-hydrogen) atoms. The SMILES string of the molecule is O=C(C(=O)C(F)(F)F)C(F)(F)F.O=C(CCNCCc1ccccc1Cl)N(CCNCCc1ccc(O)c2[nH]c(=O)sc12)C1CCC(F)(F)CC1. The van der Waals surface area contributed by atoms with Crippen LogP contribution in [0.3, 0.4) is 0 Å². The minimum Gasteiger partial charge on any atom is -0.506 e. The number of ketones is 2. The zero-order chi connectivity index (χ0) is 38.0. The summed E-state index contributed by atoms with van der Waals surface area (Å²) < 4.78 is 95.3. The molecule has 1 saturated carbocycles. The van der Waals surface area contributed by atoms with Gasteiger partial charge in [-0.15, -0.1) is 0 Å². The number of Topliss-reactive ketones (excluding diaryl/α,β-unsaturated/α-hetero) is 2. The first kappa shape index (κ1) is 41.8. The topological polar surface area (TPSA) is 132 Å². The summed E-state index contributed by atoms with van der Waals surface area (Å²) in [6.07, 6.45) is -9.63. The van der Waals surface area contributed by atoms with E-state index >= 15 is 0 Å². The Hall–Kier alpha value is -3.61. The maximum Gasteiger partial charge on any atom is 0.458 e. The van der Waals surface area contributed by atoms with Crippen LogP contribution >= 0.6 is 22.9 Å². The number of H-pyrrole nitrogens is 1. The molecule has 3 aromatic rings. The van der Waals surface area contributed by atoms with Gasteiger partial charge in [0.15, 0.2) is 0 Å². The first-order chi connectivity index (χ1) is 23.8. The number of amides is 1. The van der Waals surface area contributed by atoms with Crippen molar-refractivity contribution < 1.29 is 54.6 Å². The number of halogens is 9. The molecule has 0 spiro atoms. The highest BCUT2D eigenvalue weighted by Gasteiger charge is 2.54. The molecule has 1 aliphatic carbocycles. The number of nitrogens with one attached hydrogen (secondary N) is 3. The molecule has 9 nitrogen and oxygen atoms in total. The van der Waals surface area contributed by atoms with E-state index < -0.39 is 29.8 Å². The monoisotopic (exact) mass is 774 g/mol. The number of thiazole rings is 1. The zero-order valence-electron chi connectivity index (χ0n) is 26.9. The maximum absolute atomic E-state index is 13.8. The lowest BCUT2D eigenvalue weighted by molar-refractivity contribution is -0.193. The number of aromatic nitrogens is 1. The number of carbonyl (C=O) groups excluding carboxylic acids is 3. The largest absolute Gasteiger partial charge is 0.506 e. The third-order valence-corrected chi connectivity index (χ3v) is 9.28. The van der Waals surface area contributed by atoms with E-state index in [-0.39, 0.29) is 35.4 Å². The molecule has 4 rings (SSSR count). The van der Waals surface area contributed by atoms with Crippen molar-refractivity contribution in [1.82, 2.24) is 20.5 Å². The molecule has 0 atom stereocenters. The lowest BCUT2D eigenvalue weighted by atomic mass is 9.91. The van der Waals surface area contributed by atoms with E-state index in [1.54, 1.807) is 17.0 Å². The molecule has 282 valence electrons. The van der Waals surface area contributed by atoms with Crippen LogP contribution in [0.1, 0.15) is 43.2 Å². The van der Waals surface area contributed by atoms with E-state index in [0.717, 1.165) is 38.6 Å². The van der Waals surface area contributed by atoms with Gasteiger partial charge in [-0.2, -0.15) is 26.3 Å². The van der Waals surface area contributed by atoms with Gasteiger partial charge < -0.3 is 25.6 Å². The van der Waals surface area contributed by atoms with Crippen molar-refractivity contribution in [1.29, 1.82) is 0 Å². The van der Waals surface area contributed by atoms with Crippen LogP contribution in [0.4, 0.5) is 35.1 Å². The van der Waals surface area contributed by atoms with Crippen molar-refractivity contribution in [2.45, 2.75) is 69.3 Å². The Morgan fingerprint density at radius 3 is 2.04 bits per heavy atom. The number of phenolic OH excluding ortho intramolecular Hbond substituents is 1. The molecule has 1 heterocycles. The second-order valence-electron chi connectivity index (χ2n) is 11.6. The number of carbonyl (C=O) groups is 3. The molecule has 1 aliphatic rings.